The Kier molecular flexibility index (Phi) is 6.33. The van der Waals surface area contributed by atoms with Crippen LogP contribution in [0.2, 0.25) is 0 Å². The van der Waals surface area contributed by atoms with Gasteiger partial charge in [-0.2, -0.15) is 0 Å². The third kappa shape index (κ3) is 5.58. The number of aliphatic hydroxyl groups is 1. The summed E-state index contributed by atoms with van der Waals surface area (Å²) in [5.74, 6) is 0.158. The Hall–Kier alpha value is -0.120. The van der Waals surface area contributed by atoms with Gasteiger partial charge in [0.25, 0.3) is 0 Å². The molecule has 86 valence electrons. The Balaban J connectivity index is 3.84. The zero-order chi connectivity index (χ0) is 11.2. The highest BCUT2D eigenvalue weighted by Gasteiger charge is 2.24. The number of aliphatic hydroxyl groups excluding tert-OH is 1. The molecule has 0 amide bonds. The van der Waals surface area contributed by atoms with Gasteiger partial charge in [0, 0.05) is 19.1 Å². The summed E-state index contributed by atoms with van der Waals surface area (Å²) in [6.07, 6.45) is -0.184. The zero-order valence-corrected chi connectivity index (χ0v) is 10.0. The lowest BCUT2D eigenvalue weighted by atomic mass is 9.82. The predicted octanol–water partition coefficient (Wildman–Crippen LogP) is 2.04. The molecule has 0 aromatic rings. The Morgan fingerprint density at radius 2 is 1.79 bits per heavy atom. The fourth-order valence-corrected chi connectivity index (χ4v) is 1.11. The molecular formula is C11H24O3. The van der Waals surface area contributed by atoms with Crippen LogP contribution in [0.25, 0.3) is 0 Å². The van der Waals surface area contributed by atoms with Gasteiger partial charge >= 0.3 is 0 Å². The number of hydrogen-bond acceptors (Lipinski definition) is 3. The quantitative estimate of drug-likeness (QED) is 0.673. The number of hydrogen-bond donors (Lipinski definition) is 1. The second kappa shape index (κ2) is 6.38. The predicted molar refractivity (Wildman–Crippen MR) is 57.1 cm³/mol. The van der Waals surface area contributed by atoms with E-state index < -0.39 is 0 Å². The molecule has 0 saturated heterocycles. The molecule has 2 unspecified atom stereocenters. The van der Waals surface area contributed by atoms with E-state index in [0.29, 0.717) is 13.2 Å². The molecule has 0 heterocycles. The fraction of sp³-hybridized carbons (Fsp3) is 1.00. The van der Waals surface area contributed by atoms with Crippen LogP contribution in [-0.4, -0.2) is 31.2 Å². The Morgan fingerprint density at radius 1 is 1.21 bits per heavy atom. The van der Waals surface area contributed by atoms with Crippen LogP contribution >= 0.6 is 0 Å². The fourth-order valence-electron chi connectivity index (χ4n) is 1.11. The standard InChI is InChI=1S/C11H24O3/c1-6-13-9(2)14-8-10(7-12)11(3,4)5/h9-10,12H,6-8H2,1-5H3. The third-order valence-electron chi connectivity index (χ3n) is 2.38. The SMILES string of the molecule is CCOC(C)OCC(CO)C(C)(C)C. The summed E-state index contributed by atoms with van der Waals surface area (Å²) in [6.45, 7) is 11.5. The molecule has 0 bridgehead atoms. The molecule has 3 heteroatoms. The van der Waals surface area contributed by atoms with E-state index in [1.807, 2.05) is 13.8 Å². The molecule has 0 fully saturated rings. The third-order valence-corrected chi connectivity index (χ3v) is 2.38. The highest BCUT2D eigenvalue weighted by molar-refractivity contribution is 4.72. The van der Waals surface area contributed by atoms with Gasteiger partial charge in [0.1, 0.15) is 0 Å². The molecule has 0 spiro atoms. The van der Waals surface area contributed by atoms with E-state index in [0.717, 1.165) is 0 Å². The number of ether oxygens (including phenoxy) is 2. The highest BCUT2D eigenvalue weighted by atomic mass is 16.7. The average Bonchev–Trinajstić information content (AvgIpc) is 2.03. The second-order valence-corrected chi connectivity index (χ2v) is 4.60. The number of rotatable bonds is 6. The molecule has 2 atom stereocenters. The van der Waals surface area contributed by atoms with Crippen LogP contribution in [0, 0.1) is 11.3 Å². The molecule has 0 aliphatic heterocycles. The van der Waals surface area contributed by atoms with Crippen molar-refractivity contribution in [3.8, 4) is 0 Å². The Bertz CT molecular complexity index is 140. The monoisotopic (exact) mass is 204 g/mol. The molecular weight excluding hydrogens is 180 g/mol. The molecule has 0 aromatic heterocycles. The normalized spacial score (nSPS) is 16.7. The summed E-state index contributed by atoms with van der Waals surface area (Å²) in [4.78, 5) is 0. The molecule has 3 nitrogen and oxygen atoms in total. The van der Waals surface area contributed by atoms with Gasteiger partial charge < -0.3 is 14.6 Å². The summed E-state index contributed by atoms with van der Waals surface area (Å²) >= 11 is 0. The summed E-state index contributed by atoms with van der Waals surface area (Å²) in [7, 11) is 0. The second-order valence-electron chi connectivity index (χ2n) is 4.60. The van der Waals surface area contributed by atoms with Crippen LogP contribution in [0.4, 0.5) is 0 Å². The van der Waals surface area contributed by atoms with Crippen LogP contribution in [0.15, 0.2) is 0 Å². The van der Waals surface area contributed by atoms with E-state index in [2.05, 4.69) is 20.8 Å². The molecule has 14 heavy (non-hydrogen) atoms. The minimum absolute atomic E-state index is 0.0701. The van der Waals surface area contributed by atoms with Gasteiger partial charge in [-0.05, 0) is 19.3 Å². The molecule has 0 radical (unpaired) electrons. The van der Waals surface area contributed by atoms with Gasteiger partial charge in [-0.15, -0.1) is 0 Å². The lowest BCUT2D eigenvalue weighted by Crippen LogP contribution is -2.30. The zero-order valence-electron chi connectivity index (χ0n) is 10.0. The van der Waals surface area contributed by atoms with Crippen LogP contribution in [0.1, 0.15) is 34.6 Å². The molecule has 1 N–H and O–H groups in total. The lowest BCUT2D eigenvalue weighted by molar-refractivity contribution is -0.145. The average molecular weight is 204 g/mol. The van der Waals surface area contributed by atoms with Crippen LogP contribution in [0.3, 0.4) is 0 Å². The van der Waals surface area contributed by atoms with E-state index in [1.54, 1.807) is 0 Å². The van der Waals surface area contributed by atoms with E-state index in [1.165, 1.54) is 0 Å². The largest absolute Gasteiger partial charge is 0.396 e. The van der Waals surface area contributed by atoms with Gasteiger partial charge in [-0.25, -0.2) is 0 Å². The maximum Gasteiger partial charge on any atom is 0.154 e. The van der Waals surface area contributed by atoms with Crippen LogP contribution < -0.4 is 0 Å². The van der Waals surface area contributed by atoms with Gasteiger partial charge in [0.2, 0.25) is 0 Å². The molecule has 0 aliphatic carbocycles. The van der Waals surface area contributed by atoms with Crippen molar-refractivity contribution < 1.29 is 14.6 Å². The van der Waals surface area contributed by atoms with E-state index >= 15 is 0 Å². The van der Waals surface area contributed by atoms with Crippen LogP contribution in [-0.2, 0) is 9.47 Å². The first-order valence-corrected chi connectivity index (χ1v) is 5.25. The van der Waals surface area contributed by atoms with Crippen molar-refractivity contribution >= 4 is 0 Å². The van der Waals surface area contributed by atoms with Gasteiger partial charge in [-0.1, -0.05) is 20.8 Å². The van der Waals surface area contributed by atoms with Crippen molar-refractivity contribution in [1.82, 2.24) is 0 Å². The maximum atomic E-state index is 9.18. The highest BCUT2D eigenvalue weighted by Crippen LogP contribution is 2.25. The van der Waals surface area contributed by atoms with Gasteiger partial charge in [0.05, 0.1) is 6.61 Å². The molecule has 0 aromatic carbocycles. The smallest absolute Gasteiger partial charge is 0.154 e. The molecule has 0 rings (SSSR count). The summed E-state index contributed by atoms with van der Waals surface area (Å²) in [6, 6.07) is 0. The van der Waals surface area contributed by atoms with E-state index in [9.17, 15) is 5.11 Å². The minimum Gasteiger partial charge on any atom is -0.396 e. The molecule has 0 aliphatic rings. The van der Waals surface area contributed by atoms with Crippen molar-refractivity contribution in [3.05, 3.63) is 0 Å². The summed E-state index contributed by atoms with van der Waals surface area (Å²) in [5.41, 5.74) is 0.0701. The minimum atomic E-state index is -0.184. The summed E-state index contributed by atoms with van der Waals surface area (Å²) in [5, 5.41) is 9.18. The van der Waals surface area contributed by atoms with Crippen molar-refractivity contribution in [2.45, 2.75) is 40.9 Å². The Morgan fingerprint density at radius 3 is 2.14 bits per heavy atom. The lowest BCUT2D eigenvalue weighted by Gasteiger charge is -2.29. The van der Waals surface area contributed by atoms with Crippen molar-refractivity contribution in [3.63, 3.8) is 0 Å². The first-order chi connectivity index (χ1) is 6.41. The first-order valence-electron chi connectivity index (χ1n) is 5.25. The van der Waals surface area contributed by atoms with Gasteiger partial charge in [-0.3, -0.25) is 0 Å². The van der Waals surface area contributed by atoms with E-state index in [-0.39, 0.29) is 24.2 Å². The summed E-state index contributed by atoms with van der Waals surface area (Å²) < 4.78 is 10.7. The van der Waals surface area contributed by atoms with Crippen LogP contribution in [0.5, 0.6) is 0 Å². The topological polar surface area (TPSA) is 38.7 Å². The van der Waals surface area contributed by atoms with Gasteiger partial charge in [0.15, 0.2) is 6.29 Å². The first kappa shape index (κ1) is 13.9. The Labute approximate surface area is 87.4 Å². The van der Waals surface area contributed by atoms with Crippen molar-refractivity contribution in [2.24, 2.45) is 11.3 Å². The molecule has 0 saturated carbocycles. The van der Waals surface area contributed by atoms with Crippen molar-refractivity contribution in [2.75, 3.05) is 19.8 Å². The van der Waals surface area contributed by atoms with Crippen molar-refractivity contribution in [1.29, 1.82) is 0 Å². The maximum absolute atomic E-state index is 9.18. The van der Waals surface area contributed by atoms with E-state index in [4.69, 9.17) is 9.47 Å².